The van der Waals surface area contributed by atoms with Crippen molar-refractivity contribution < 1.29 is 14.4 Å². The Morgan fingerprint density at radius 3 is 2.82 bits per heavy atom. The molecule has 17 heavy (non-hydrogen) atoms. The summed E-state index contributed by atoms with van der Waals surface area (Å²) in [7, 11) is 3.19. The van der Waals surface area contributed by atoms with Crippen LogP contribution in [0.25, 0.3) is 0 Å². The molecule has 1 aliphatic rings. The van der Waals surface area contributed by atoms with E-state index in [1.807, 2.05) is 19.2 Å². The third kappa shape index (κ3) is 2.16. The van der Waals surface area contributed by atoms with E-state index in [1.54, 1.807) is 24.4 Å². The number of nitrogens with zero attached hydrogens (tertiary/aromatic N) is 2. The van der Waals surface area contributed by atoms with E-state index in [9.17, 15) is 4.79 Å². The van der Waals surface area contributed by atoms with Gasteiger partial charge in [-0.25, -0.2) is 4.79 Å². The van der Waals surface area contributed by atoms with E-state index in [0.29, 0.717) is 6.42 Å². The average Bonchev–Trinajstić information content (AvgIpc) is 2.66. The zero-order valence-electron chi connectivity index (χ0n) is 10.2. The Morgan fingerprint density at radius 1 is 1.59 bits per heavy atom. The topological polar surface area (TPSA) is 51.7 Å². The summed E-state index contributed by atoms with van der Waals surface area (Å²) in [6.45, 7) is 1.75. The number of hydrogen-bond donors (Lipinski definition) is 0. The first-order valence-electron chi connectivity index (χ1n) is 5.47. The molecular formula is C12H16N2O3. The predicted molar refractivity (Wildman–Crippen MR) is 60.9 cm³/mol. The van der Waals surface area contributed by atoms with Crippen LogP contribution in [0.15, 0.2) is 24.5 Å². The number of ether oxygens (including phenoxy) is 1. The van der Waals surface area contributed by atoms with E-state index < -0.39 is 5.60 Å². The SMILES string of the molecule is COC(=O)[C@@]1(C)C[C@H](c2ccncc2)N(C)O1. The fourth-order valence-corrected chi connectivity index (χ4v) is 2.17. The Hall–Kier alpha value is -1.46. The van der Waals surface area contributed by atoms with E-state index >= 15 is 0 Å². The number of methoxy groups -OCH3 is 1. The molecule has 0 aromatic carbocycles. The molecule has 0 radical (unpaired) electrons. The maximum atomic E-state index is 11.7. The van der Waals surface area contributed by atoms with Gasteiger partial charge in [0.15, 0.2) is 5.60 Å². The van der Waals surface area contributed by atoms with E-state index in [4.69, 9.17) is 9.57 Å². The Morgan fingerprint density at radius 2 is 2.24 bits per heavy atom. The van der Waals surface area contributed by atoms with Gasteiger partial charge >= 0.3 is 5.97 Å². The molecule has 1 aromatic rings. The fraction of sp³-hybridized carbons (Fsp3) is 0.500. The number of hydrogen-bond acceptors (Lipinski definition) is 5. The van der Waals surface area contributed by atoms with Crippen molar-refractivity contribution in [1.29, 1.82) is 0 Å². The number of rotatable bonds is 2. The number of hydroxylamine groups is 2. The van der Waals surface area contributed by atoms with Gasteiger partial charge in [0.05, 0.1) is 13.2 Å². The normalized spacial score (nSPS) is 29.2. The van der Waals surface area contributed by atoms with Crippen LogP contribution in [0.5, 0.6) is 0 Å². The predicted octanol–water partition coefficient (Wildman–Crippen LogP) is 1.32. The first-order valence-corrected chi connectivity index (χ1v) is 5.47. The Labute approximate surface area is 100 Å². The van der Waals surface area contributed by atoms with Gasteiger partial charge in [0.1, 0.15) is 0 Å². The molecule has 1 aliphatic heterocycles. The lowest BCUT2D eigenvalue weighted by Crippen LogP contribution is -2.36. The third-order valence-corrected chi connectivity index (χ3v) is 3.08. The minimum atomic E-state index is -0.905. The monoisotopic (exact) mass is 236 g/mol. The van der Waals surface area contributed by atoms with Crippen molar-refractivity contribution in [3.63, 3.8) is 0 Å². The molecule has 1 aromatic heterocycles. The van der Waals surface area contributed by atoms with Crippen LogP contribution in [-0.4, -0.2) is 35.8 Å². The second kappa shape index (κ2) is 4.43. The van der Waals surface area contributed by atoms with Gasteiger partial charge in [0.25, 0.3) is 0 Å². The molecule has 5 heteroatoms. The summed E-state index contributed by atoms with van der Waals surface area (Å²) in [5, 5.41) is 1.70. The highest BCUT2D eigenvalue weighted by Crippen LogP contribution is 2.39. The molecule has 0 N–H and O–H groups in total. The molecule has 92 valence electrons. The zero-order valence-corrected chi connectivity index (χ0v) is 10.2. The molecule has 1 fully saturated rings. The molecule has 5 nitrogen and oxygen atoms in total. The second-order valence-corrected chi connectivity index (χ2v) is 4.36. The Kier molecular flexibility index (Phi) is 3.13. The lowest BCUT2D eigenvalue weighted by atomic mass is 9.94. The molecule has 0 bridgehead atoms. The summed E-state index contributed by atoms with van der Waals surface area (Å²) >= 11 is 0. The standard InChI is InChI=1S/C12H16N2O3/c1-12(11(15)16-3)8-10(14(2)17-12)9-4-6-13-7-5-9/h4-7,10H,8H2,1-3H3/t10-,12-/m1/s1. The fourth-order valence-electron chi connectivity index (χ4n) is 2.17. The summed E-state index contributed by atoms with van der Waals surface area (Å²) in [6.07, 6.45) is 4.04. The maximum absolute atomic E-state index is 11.7. The molecule has 2 rings (SSSR count). The Balaban J connectivity index is 2.21. The van der Waals surface area contributed by atoms with Crippen LogP contribution in [0, 0.1) is 0 Å². The summed E-state index contributed by atoms with van der Waals surface area (Å²) < 4.78 is 4.77. The second-order valence-electron chi connectivity index (χ2n) is 4.36. The first kappa shape index (κ1) is 12.0. The van der Waals surface area contributed by atoms with Gasteiger partial charge in [-0.2, -0.15) is 5.06 Å². The highest BCUT2D eigenvalue weighted by Gasteiger charge is 2.47. The van der Waals surface area contributed by atoms with Crippen molar-refractivity contribution in [2.24, 2.45) is 0 Å². The van der Waals surface area contributed by atoms with Gasteiger partial charge in [-0.05, 0) is 24.6 Å². The minimum absolute atomic E-state index is 0.0436. The van der Waals surface area contributed by atoms with Crippen LogP contribution in [0.4, 0.5) is 0 Å². The number of pyridine rings is 1. The van der Waals surface area contributed by atoms with Crippen LogP contribution >= 0.6 is 0 Å². The lowest BCUT2D eigenvalue weighted by Gasteiger charge is -2.20. The van der Waals surface area contributed by atoms with Crippen LogP contribution in [-0.2, 0) is 14.4 Å². The van der Waals surface area contributed by atoms with Crippen molar-refractivity contribution in [1.82, 2.24) is 10.0 Å². The summed E-state index contributed by atoms with van der Waals surface area (Å²) in [5.74, 6) is -0.346. The Bertz CT molecular complexity index is 409. The average molecular weight is 236 g/mol. The van der Waals surface area contributed by atoms with Crippen molar-refractivity contribution in [2.45, 2.75) is 25.0 Å². The molecule has 1 saturated heterocycles. The molecule has 0 amide bonds. The van der Waals surface area contributed by atoms with Crippen molar-refractivity contribution in [3.8, 4) is 0 Å². The summed E-state index contributed by atoms with van der Waals surface area (Å²) in [4.78, 5) is 21.3. The van der Waals surface area contributed by atoms with E-state index in [0.717, 1.165) is 5.56 Å². The lowest BCUT2D eigenvalue weighted by molar-refractivity contribution is -0.205. The quantitative estimate of drug-likeness (QED) is 0.725. The molecule has 0 spiro atoms. The minimum Gasteiger partial charge on any atom is -0.467 e. The number of esters is 1. The smallest absolute Gasteiger partial charge is 0.340 e. The van der Waals surface area contributed by atoms with Gasteiger partial charge in [0, 0.05) is 25.9 Å². The summed E-state index contributed by atoms with van der Waals surface area (Å²) in [5.41, 5.74) is 0.174. The molecule has 0 unspecified atom stereocenters. The number of carbonyl (C=O) groups is 1. The highest BCUT2D eigenvalue weighted by molar-refractivity contribution is 5.79. The number of carbonyl (C=O) groups excluding carboxylic acids is 1. The van der Waals surface area contributed by atoms with Crippen LogP contribution < -0.4 is 0 Å². The summed E-state index contributed by atoms with van der Waals surface area (Å²) in [6, 6.07) is 3.89. The zero-order chi connectivity index (χ0) is 12.5. The third-order valence-electron chi connectivity index (χ3n) is 3.08. The van der Waals surface area contributed by atoms with Gasteiger partial charge in [-0.1, -0.05) is 0 Å². The molecule has 0 saturated carbocycles. The van der Waals surface area contributed by atoms with Crippen molar-refractivity contribution in [2.75, 3.05) is 14.2 Å². The van der Waals surface area contributed by atoms with Crippen molar-refractivity contribution >= 4 is 5.97 Å². The van der Waals surface area contributed by atoms with E-state index in [2.05, 4.69) is 4.98 Å². The molecule has 2 atom stereocenters. The van der Waals surface area contributed by atoms with Crippen LogP contribution in [0.1, 0.15) is 24.9 Å². The molecule has 0 aliphatic carbocycles. The van der Waals surface area contributed by atoms with Gasteiger partial charge in [-0.3, -0.25) is 9.82 Å². The van der Waals surface area contributed by atoms with Crippen molar-refractivity contribution in [3.05, 3.63) is 30.1 Å². The largest absolute Gasteiger partial charge is 0.467 e. The van der Waals surface area contributed by atoms with Gasteiger partial charge in [0.2, 0.25) is 0 Å². The first-order chi connectivity index (χ1) is 8.07. The number of aromatic nitrogens is 1. The molecular weight excluding hydrogens is 220 g/mol. The molecule has 2 heterocycles. The maximum Gasteiger partial charge on any atom is 0.340 e. The van der Waals surface area contributed by atoms with E-state index in [-0.39, 0.29) is 12.0 Å². The highest BCUT2D eigenvalue weighted by atomic mass is 16.7. The van der Waals surface area contributed by atoms with Crippen LogP contribution in [0.2, 0.25) is 0 Å². The van der Waals surface area contributed by atoms with Crippen LogP contribution in [0.3, 0.4) is 0 Å². The van der Waals surface area contributed by atoms with Gasteiger partial charge in [-0.15, -0.1) is 0 Å². The van der Waals surface area contributed by atoms with Gasteiger partial charge < -0.3 is 4.74 Å². The van der Waals surface area contributed by atoms with E-state index in [1.165, 1.54) is 7.11 Å².